The third kappa shape index (κ3) is 1.65. The number of rotatable bonds is 2. The summed E-state index contributed by atoms with van der Waals surface area (Å²) in [5.41, 5.74) is 1.10. The van der Waals surface area contributed by atoms with Crippen LogP contribution in [0.3, 0.4) is 0 Å². The molecular formula is C10H7N2O4. The van der Waals surface area contributed by atoms with E-state index in [4.69, 9.17) is 0 Å². The Morgan fingerprint density at radius 2 is 1.88 bits per heavy atom. The Kier molecular flexibility index (Phi) is 2.40. The second kappa shape index (κ2) is 3.73. The summed E-state index contributed by atoms with van der Waals surface area (Å²) in [7, 11) is 0. The summed E-state index contributed by atoms with van der Waals surface area (Å²) in [6.07, 6.45) is 2.87. The SMILES string of the molecule is O=[N+]([O-])C1=C[CH]c2c(cccc2[N+](=O)[O-])C1. The lowest BCUT2D eigenvalue weighted by Gasteiger charge is -2.11. The van der Waals surface area contributed by atoms with Gasteiger partial charge in [-0.1, -0.05) is 12.1 Å². The van der Waals surface area contributed by atoms with Gasteiger partial charge in [0.25, 0.3) is 5.69 Å². The Morgan fingerprint density at radius 3 is 2.50 bits per heavy atom. The zero-order chi connectivity index (χ0) is 11.7. The van der Waals surface area contributed by atoms with Crippen LogP contribution in [0, 0.1) is 26.6 Å². The van der Waals surface area contributed by atoms with E-state index < -0.39 is 9.85 Å². The van der Waals surface area contributed by atoms with Crippen molar-refractivity contribution in [3.05, 3.63) is 67.7 Å². The third-order valence-corrected chi connectivity index (χ3v) is 2.42. The van der Waals surface area contributed by atoms with Crippen LogP contribution < -0.4 is 0 Å². The number of fused-ring (bicyclic) bond motifs is 1. The zero-order valence-corrected chi connectivity index (χ0v) is 8.12. The summed E-state index contributed by atoms with van der Waals surface area (Å²) in [4.78, 5) is 20.3. The molecule has 0 unspecified atom stereocenters. The van der Waals surface area contributed by atoms with E-state index in [1.165, 1.54) is 24.6 Å². The summed E-state index contributed by atoms with van der Waals surface area (Å²) in [6, 6.07) is 4.59. The molecule has 1 aromatic carbocycles. The van der Waals surface area contributed by atoms with Crippen LogP contribution in [-0.2, 0) is 6.42 Å². The van der Waals surface area contributed by atoms with Gasteiger partial charge in [0.1, 0.15) is 0 Å². The fraction of sp³-hybridized carbons (Fsp3) is 0.100. The highest BCUT2D eigenvalue weighted by atomic mass is 16.6. The Hall–Kier alpha value is -2.24. The Balaban J connectivity index is 2.44. The van der Waals surface area contributed by atoms with Gasteiger partial charge in [0.2, 0.25) is 5.70 Å². The molecule has 0 saturated carbocycles. The lowest BCUT2D eigenvalue weighted by Crippen LogP contribution is -2.10. The zero-order valence-electron chi connectivity index (χ0n) is 8.12. The van der Waals surface area contributed by atoms with Crippen molar-refractivity contribution >= 4 is 5.69 Å². The van der Waals surface area contributed by atoms with Gasteiger partial charge in [-0.25, -0.2) is 0 Å². The standard InChI is InChI=1S/C10H7N2O4/c13-11(14)8-4-5-9-7(6-8)2-1-3-10(9)12(15)16/h1-5H,6H2. The molecule has 2 rings (SSSR count). The molecule has 0 atom stereocenters. The van der Waals surface area contributed by atoms with Crippen molar-refractivity contribution in [2.45, 2.75) is 6.42 Å². The highest BCUT2D eigenvalue weighted by molar-refractivity contribution is 5.54. The van der Waals surface area contributed by atoms with Crippen molar-refractivity contribution in [3.8, 4) is 0 Å². The molecule has 1 aliphatic carbocycles. The molecule has 16 heavy (non-hydrogen) atoms. The van der Waals surface area contributed by atoms with Gasteiger partial charge in [-0.05, 0) is 11.6 Å². The van der Waals surface area contributed by atoms with E-state index in [0.29, 0.717) is 11.1 Å². The van der Waals surface area contributed by atoms with Crippen molar-refractivity contribution < 1.29 is 9.85 Å². The predicted octanol–water partition coefficient (Wildman–Crippen LogP) is 1.86. The fourth-order valence-electron chi connectivity index (χ4n) is 1.66. The minimum Gasteiger partial charge on any atom is -0.259 e. The second-order valence-corrected chi connectivity index (χ2v) is 3.37. The van der Waals surface area contributed by atoms with Crippen molar-refractivity contribution in [2.75, 3.05) is 0 Å². The molecule has 81 valence electrons. The third-order valence-electron chi connectivity index (χ3n) is 2.42. The van der Waals surface area contributed by atoms with Crippen molar-refractivity contribution in [1.29, 1.82) is 0 Å². The first kappa shape index (κ1) is 10.3. The van der Waals surface area contributed by atoms with Crippen LogP contribution in [0.2, 0.25) is 0 Å². The molecular weight excluding hydrogens is 212 g/mol. The maximum atomic E-state index is 10.7. The summed E-state index contributed by atoms with van der Waals surface area (Å²) in [5, 5.41) is 21.3. The average Bonchev–Trinajstić information content (AvgIpc) is 2.27. The smallest absolute Gasteiger partial charge is 0.259 e. The Morgan fingerprint density at radius 1 is 1.12 bits per heavy atom. The molecule has 6 heteroatoms. The highest BCUT2D eigenvalue weighted by Gasteiger charge is 2.24. The highest BCUT2D eigenvalue weighted by Crippen LogP contribution is 2.30. The van der Waals surface area contributed by atoms with Crippen LogP contribution in [0.5, 0.6) is 0 Å². The van der Waals surface area contributed by atoms with Crippen molar-refractivity contribution in [3.63, 3.8) is 0 Å². The number of allylic oxidation sites excluding steroid dienone is 2. The van der Waals surface area contributed by atoms with Gasteiger partial charge in [0.15, 0.2) is 0 Å². The number of nitro groups is 2. The maximum Gasteiger partial charge on any atom is 0.273 e. The van der Waals surface area contributed by atoms with Crippen LogP contribution in [-0.4, -0.2) is 9.85 Å². The van der Waals surface area contributed by atoms with Crippen molar-refractivity contribution in [2.24, 2.45) is 0 Å². The lowest BCUT2D eigenvalue weighted by molar-refractivity contribution is -0.427. The van der Waals surface area contributed by atoms with E-state index >= 15 is 0 Å². The van der Waals surface area contributed by atoms with Gasteiger partial charge in [-0.15, -0.1) is 0 Å². The van der Waals surface area contributed by atoms with Gasteiger partial charge in [0, 0.05) is 18.1 Å². The fourth-order valence-corrected chi connectivity index (χ4v) is 1.66. The molecule has 0 heterocycles. The first-order chi connectivity index (χ1) is 7.59. The maximum absolute atomic E-state index is 10.7. The molecule has 1 radical (unpaired) electrons. The number of nitrogens with zero attached hydrogens (tertiary/aromatic N) is 2. The minimum atomic E-state index is -0.486. The van der Waals surface area contributed by atoms with Gasteiger partial charge in [-0.2, -0.15) is 0 Å². The predicted molar refractivity (Wildman–Crippen MR) is 55.3 cm³/mol. The van der Waals surface area contributed by atoms with E-state index in [0.717, 1.165) is 0 Å². The monoisotopic (exact) mass is 219 g/mol. The first-order valence-electron chi connectivity index (χ1n) is 4.54. The number of nitro benzene ring substituents is 1. The molecule has 0 aromatic heterocycles. The van der Waals surface area contributed by atoms with E-state index in [1.54, 1.807) is 6.07 Å². The summed E-state index contributed by atoms with van der Waals surface area (Å²) in [5.74, 6) is 0. The van der Waals surface area contributed by atoms with Gasteiger partial charge < -0.3 is 0 Å². The molecule has 1 aliphatic rings. The quantitative estimate of drug-likeness (QED) is 0.561. The van der Waals surface area contributed by atoms with E-state index in [-0.39, 0.29) is 17.8 Å². The van der Waals surface area contributed by atoms with Crippen LogP contribution in [0.25, 0.3) is 0 Å². The number of hydrogen-bond donors (Lipinski definition) is 0. The van der Waals surface area contributed by atoms with E-state index in [2.05, 4.69) is 0 Å². The van der Waals surface area contributed by atoms with Gasteiger partial charge in [-0.3, -0.25) is 20.2 Å². The first-order valence-corrected chi connectivity index (χ1v) is 4.54. The summed E-state index contributed by atoms with van der Waals surface area (Å²) >= 11 is 0. The van der Waals surface area contributed by atoms with Gasteiger partial charge in [0.05, 0.1) is 16.3 Å². The molecule has 0 spiro atoms. The molecule has 6 nitrogen and oxygen atoms in total. The molecule has 0 saturated heterocycles. The van der Waals surface area contributed by atoms with E-state index in [1.807, 2.05) is 0 Å². The van der Waals surface area contributed by atoms with Gasteiger partial charge >= 0.3 is 0 Å². The number of hydrogen-bond acceptors (Lipinski definition) is 4. The lowest BCUT2D eigenvalue weighted by atomic mass is 9.93. The van der Waals surface area contributed by atoms with Crippen molar-refractivity contribution in [1.82, 2.24) is 0 Å². The average molecular weight is 219 g/mol. The topological polar surface area (TPSA) is 86.3 Å². The Labute approximate surface area is 90.5 Å². The molecule has 0 aliphatic heterocycles. The summed E-state index contributed by atoms with van der Waals surface area (Å²) < 4.78 is 0. The molecule has 0 bridgehead atoms. The molecule has 0 N–H and O–H groups in total. The molecule has 0 amide bonds. The summed E-state index contributed by atoms with van der Waals surface area (Å²) in [6.45, 7) is 0. The van der Waals surface area contributed by atoms with Crippen LogP contribution in [0.4, 0.5) is 5.69 Å². The van der Waals surface area contributed by atoms with Crippen LogP contribution in [0.15, 0.2) is 30.0 Å². The Bertz CT molecular complexity index is 508. The largest absolute Gasteiger partial charge is 0.273 e. The minimum absolute atomic E-state index is 0.0175. The van der Waals surface area contributed by atoms with E-state index in [9.17, 15) is 20.2 Å². The normalized spacial score (nSPS) is 13.9. The van der Waals surface area contributed by atoms with Crippen LogP contribution in [0.1, 0.15) is 11.1 Å². The van der Waals surface area contributed by atoms with Crippen LogP contribution >= 0.6 is 0 Å². The number of benzene rings is 1. The molecule has 0 fully saturated rings. The molecule has 1 aromatic rings. The second-order valence-electron chi connectivity index (χ2n) is 3.37.